The lowest BCUT2D eigenvalue weighted by atomic mass is 9.95. The molecule has 0 radical (unpaired) electrons. The van der Waals surface area contributed by atoms with Gasteiger partial charge < -0.3 is 15.7 Å². The van der Waals surface area contributed by atoms with E-state index >= 15 is 0 Å². The van der Waals surface area contributed by atoms with E-state index in [0.717, 1.165) is 24.0 Å². The van der Waals surface area contributed by atoms with Gasteiger partial charge in [0.2, 0.25) is 0 Å². The number of aryl methyl sites for hydroxylation is 1. The smallest absolute Gasteiger partial charge is 0.251 e. The monoisotopic (exact) mass is 432 g/mol. The molecule has 0 spiro atoms. The maximum absolute atomic E-state index is 14.5. The summed E-state index contributed by atoms with van der Waals surface area (Å²) in [4.78, 5) is 24.9. The molecule has 1 fully saturated rings. The average Bonchev–Trinajstić information content (AvgIpc) is 3.59. The average molecular weight is 432 g/mol. The third-order valence-corrected chi connectivity index (χ3v) is 5.64. The Hall–Kier alpha value is -3.67. The third-order valence-electron chi connectivity index (χ3n) is 5.64. The minimum atomic E-state index is -0.525. The number of rotatable bonds is 6. The first-order valence-electron chi connectivity index (χ1n) is 10.6. The molecule has 0 aromatic heterocycles. The molecule has 1 aliphatic carbocycles. The first-order valence-corrected chi connectivity index (χ1v) is 10.6. The van der Waals surface area contributed by atoms with Gasteiger partial charge in [-0.15, -0.1) is 0 Å². The van der Waals surface area contributed by atoms with Crippen LogP contribution in [0.15, 0.2) is 54.6 Å². The fourth-order valence-corrected chi connectivity index (χ4v) is 3.48. The largest absolute Gasteiger partial charge is 0.507 e. The van der Waals surface area contributed by atoms with E-state index in [0.29, 0.717) is 28.8 Å². The Balaban J connectivity index is 1.54. The van der Waals surface area contributed by atoms with E-state index in [1.54, 1.807) is 25.1 Å². The zero-order chi connectivity index (χ0) is 22.8. The summed E-state index contributed by atoms with van der Waals surface area (Å²) >= 11 is 0. The van der Waals surface area contributed by atoms with Crippen molar-refractivity contribution in [3.63, 3.8) is 0 Å². The Kier molecular flexibility index (Phi) is 5.95. The maximum atomic E-state index is 14.5. The second-order valence-electron chi connectivity index (χ2n) is 8.28. The van der Waals surface area contributed by atoms with E-state index in [4.69, 9.17) is 0 Å². The van der Waals surface area contributed by atoms with Crippen molar-refractivity contribution in [3.05, 3.63) is 88.2 Å². The minimum Gasteiger partial charge on any atom is -0.507 e. The van der Waals surface area contributed by atoms with E-state index in [9.17, 15) is 19.1 Å². The molecule has 3 N–H and O–H groups in total. The predicted octanol–water partition coefficient (Wildman–Crippen LogP) is 4.64. The van der Waals surface area contributed by atoms with Gasteiger partial charge in [0, 0.05) is 29.3 Å². The Bertz CT molecular complexity index is 1180. The fourth-order valence-electron chi connectivity index (χ4n) is 3.48. The number of amides is 2. The minimum absolute atomic E-state index is 0.154. The molecule has 0 aliphatic heterocycles. The van der Waals surface area contributed by atoms with Gasteiger partial charge in [-0.05, 0) is 73.7 Å². The zero-order valence-electron chi connectivity index (χ0n) is 18.0. The highest BCUT2D eigenvalue weighted by atomic mass is 19.1. The van der Waals surface area contributed by atoms with E-state index in [-0.39, 0.29) is 29.2 Å². The zero-order valence-corrected chi connectivity index (χ0v) is 18.0. The van der Waals surface area contributed by atoms with Crippen molar-refractivity contribution in [1.29, 1.82) is 0 Å². The molecule has 4 rings (SSSR count). The van der Waals surface area contributed by atoms with Crippen LogP contribution in [0.3, 0.4) is 0 Å². The van der Waals surface area contributed by atoms with Crippen molar-refractivity contribution in [2.75, 3.05) is 0 Å². The number of benzene rings is 3. The molecule has 3 aromatic rings. The van der Waals surface area contributed by atoms with Crippen molar-refractivity contribution in [3.8, 4) is 16.9 Å². The molecule has 0 heterocycles. The van der Waals surface area contributed by atoms with E-state index < -0.39 is 5.82 Å². The molecule has 0 bridgehead atoms. The Labute approximate surface area is 186 Å². The number of hydrogen-bond acceptors (Lipinski definition) is 3. The number of carbonyl (C=O) groups excluding carboxylic acids is 2. The van der Waals surface area contributed by atoms with Crippen molar-refractivity contribution < 1.29 is 19.1 Å². The molecule has 6 heteroatoms. The van der Waals surface area contributed by atoms with Gasteiger partial charge in [0.15, 0.2) is 0 Å². The van der Waals surface area contributed by atoms with Crippen LogP contribution in [0, 0.1) is 19.7 Å². The molecule has 2 amide bonds. The molecular weight excluding hydrogens is 407 g/mol. The summed E-state index contributed by atoms with van der Waals surface area (Å²) in [6, 6.07) is 15.3. The van der Waals surface area contributed by atoms with Gasteiger partial charge in [-0.25, -0.2) is 4.39 Å². The Morgan fingerprint density at radius 2 is 1.66 bits per heavy atom. The first kappa shape index (κ1) is 21.6. The molecule has 32 heavy (non-hydrogen) atoms. The van der Waals surface area contributed by atoms with Crippen LogP contribution >= 0.6 is 0 Å². The van der Waals surface area contributed by atoms with Crippen LogP contribution in [-0.4, -0.2) is 23.0 Å². The topological polar surface area (TPSA) is 78.4 Å². The molecular formula is C26H25FN2O3. The number of aromatic hydroxyl groups is 1. The first-order chi connectivity index (χ1) is 15.3. The van der Waals surface area contributed by atoms with E-state index in [1.165, 1.54) is 12.1 Å². The van der Waals surface area contributed by atoms with E-state index in [1.807, 2.05) is 31.2 Å². The highest BCUT2D eigenvalue weighted by Crippen LogP contribution is 2.34. The van der Waals surface area contributed by atoms with Crippen LogP contribution in [0.25, 0.3) is 11.1 Å². The molecule has 164 valence electrons. The quantitative estimate of drug-likeness (QED) is 0.531. The summed E-state index contributed by atoms with van der Waals surface area (Å²) < 4.78 is 14.5. The lowest BCUT2D eigenvalue weighted by molar-refractivity contribution is 0.0942. The maximum Gasteiger partial charge on any atom is 0.251 e. The summed E-state index contributed by atoms with van der Waals surface area (Å²) in [6.07, 6.45) is 1.86. The van der Waals surface area contributed by atoms with Crippen molar-refractivity contribution in [2.24, 2.45) is 0 Å². The fraction of sp³-hybridized carbons (Fsp3) is 0.231. The summed E-state index contributed by atoms with van der Waals surface area (Å²) in [5.74, 6) is -1.34. The van der Waals surface area contributed by atoms with Crippen molar-refractivity contribution in [1.82, 2.24) is 10.6 Å². The Morgan fingerprint density at radius 3 is 2.31 bits per heavy atom. The van der Waals surface area contributed by atoms with Gasteiger partial charge in [0.25, 0.3) is 11.8 Å². The normalized spacial score (nSPS) is 13.0. The van der Waals surface area contributed by atoms with Crippen LogP contribution in [0.2, 0.25) is 0 Å². The standard InChI is InChI=1S/C26H25FN2O3/c1-15-3-5-17(6-4-15)14-28-25(31)18-7-10-21(24(30)13-18)22-11-19(12-23(27)16(22)2)26(32)29-20-8-9-20/h3-7,10-13,20,30H,8-9,14H2,1-2H3,(H,28,31)(H,29,32). The lowest BCUT2D eigenvalue weighted by Crippen LogP contribution is -2.25. The molecule has 0 unspecified atom stereocenters. The molecule has 1 saturated carbocycles. The number of phenolic OH excluding ortho intramolecular Hbond substituents is 1. The number of hydrogen-bond donors (Lipinski definition) is 3. The van der Waals surface area contributed by atoms with Gasteiger partial charge in [0.1, 0.15) is 11.6 Å². The van der Waals surface area contributed by atoms with Crippen LogP contribution < -0.4 is 10.6 Å². The Morgan fingerprint density at radius 1 is 0.938 bits per heavy atom. The lowest BCUT2D eigenvalue weighted by Gasteiger charge is -2.13. The highest BCUT2D eigenvalue weighted by molar-refractivity contribution is 5.97. The molecule has 3 aromatic carbocycles. The van der Waals surface area contributed by atoms with Gasteiger partial charge in [0.05, 0.1) is 0 Å². The SMILES string of the molecule is Cc1ccc(CNC(=O)c2ccc(-c3cc(C(=O)NC4CC4)cc(F)c3C)c(O)c2)cc1. The molecule has 1 aliphatic rings. The summed E-state index contributed by atoms with van der Waals surface area (Å²) in [5, 5.41) is 16.3. The van der Waals surface area contributed by atoms with Crippen LogP contribution in [0.5, 0.6) is 5.75 Å². The third kappa shape index (κ3) is 4.80. The molecule has 0 saturated heterocycles. The van der Waals surface area contributed by atoms with Crippen LogP contribution in [-0.2, 0) is 6.54 Å². The van der Waals surface area contributed by atoms with Crippen LogP contribution in [0.1, 0.15) is 50.2 Å². The van der Waals surface area contributed by atoms with Crippen molar-refractivity contribution >= 4 is 11.8 Å². The number of phenols is 1. The summed E-state index contributed by atoms with van der Waals surface area (Å²) in [7, 11) is 0. The second kappa shape index (κ2) is 8.83. The number of carbonyl (C=O) groups is 2. The van der Waals surface area contributed by atoms with Crippen LogP contribution in [0.4, 0.5) is 4.39 Å². The van der Waals surface area contributed by atoms with Gasteiger partial charge in [-0.1, -0.05) is 29.8 Å². The molecule has 5 nitrogen and oxygen atoms in total. The highest BCUT2D eigenvalue weighted by Gasteiger charge is 2.25. The van der Waals surface area contributed by atoms with Crippen molar-refractivity contribution in [2.45, 2.75) is 39.3 Å². The second-order valence-corrected chi connectivity index (χ2v) is 8.28. The summed E-state index contributed by atoms with van der Waals surface area (Å²) in [6.45, 7) is 3.95. The van der Waals surface area contributed by atoms with Gasteiger partial charge in [-0.3, -0.25) is 9.59 Å². The van der Waals surface area contributed by atoms with Gasteiger partial charge >= 0.3 is 0 Å². The van der Waals surface area contributed by atoms with E-state index in [2.05, 4.69) is 10.6 Å². The summed E-state index contributed by atoms with van der Waals surface area (Å²) in [5.41, 5.74) is 3.69. The molecule has 0 atom stereocenters. The number of nitrogens with one attached hydrogen (secondary N) is 2. The predicted molar refractivity (Wildman–Crippen MR) is 121 cm³/mol. The van der Waals surface area contributed by atoms with Gasteiger partial charge in [-0.2, -0.15) is 0 Å². The number of halogens is 1.